The van der Waals surface area contributed by atoms with Gasteiger partial charge in [0, 0.05) is 36.9 Å². The molecule has 0 radical (unpaired) electrons. The number of benzene rings is 2. The number of aromatic nitrogens is 2. The Morgan fingerprint density at radius 2 is 1.83 bits per heavy atom. The molecule has 1 fully saturated rings. The van der Waals surface area contributed by atoms with Gasteiger partial charge in [0.25, 0.3) is 5.91 Å². The lowest BCUT2D eigenvalue weighted by Gasteiger charge is -2.31. The van der Waals surface area contributed by atoms with Crippen molar-refractivity contribution in [3.8, 4) is 16.9 Å². The molecule has 10 heteroatoms. The molecule has 0 aliphatic carbocycles. The van der Waals surface area contributed by atoms with Crippen LogP contribution >= 0.6 is 0 Å². The van der Waals surface area contributed by atoms with Crippen LogP contribution in [0.1, 0.15) is 46.2 Å². The van der Waals surface area contributed by atoms with Gasteiger partial charge in [-0.15, -0.1) is 0 Å². The Bertz CT molecular complexity index is 1440. The molecule has 0 spiro atoms. The summed E-state index contributed by atoms with van der Waals surface area (Å²) in [6, 6.07) is 13.7. The van der Waals surface area contributed by atoms with Crippen molar-refractivity contribution in [2.24, 2.45) is 0 Å². The summed E-state index contributed by atoms with van der Waals surface area (Å²) < 4.78 is 38.2. The average molecular weight is 510 g/mol. The highest BCUT2D eigenvalue weighted by Crippen LogP contribution is 2.40. The van der Waals surface area contributed by atoms with Crippen LogP contribution in [0.3, 0.4) is 0 Å². The number of fused-ring (bicyclic) bond motifs is 3. The van der Waals surface area contributed by atoms with Gasteiger partial charge in [0.05, 0.1) is 34.7 Å². The average Bonchev–Trinajstić information content (AvgIpc) is 3.27. The zero-order chi connectivity index (χ0) is 25.4. The highest BCUT2D eigenvalue weighted by atomic mass is 32.2. The van der Waals surface area contributed by atoms with Crippen molar-refractivity contribution in [2.75, 3.05) is 26.8 Å². The fraction of sp³-hybridized carbons (Fsp3) is 0.346. The standard InChI is InChI=1S/C26H27N3O6S/c1-3-35-26(31)23-21-16-36(32,33)22-10-5-4-9-20(22)24(21)29(27-23)18-8-6-7-17(15-18)25(30)28-13-11-19(34-2)12-14-28/h4-10,15,19H,3,11-14,16H2,1-2H3. The van der Waals surface area contributed by atoms with Crippen LogP contribution in [0.4, 0.5) is 0 Å². The zero-order valence-corrected chi connectivity index (χ0v) is 21.0. The monoisotopic (exact) mass is 509 g/mol. The van der Waals surface area contributed by atoms with Gasteiger partial charge in [-0.2, -0.15) is 5.10 Å². The van der Waals surface area contributed by atoms with Crippen LogP contribution in [0.5, 0.6) is 0 Å². The van der Waals surface area contributed by atoms with Crippen LogP contribution < -0.4 is 0 Å². The maximum Gasteiger partial charge on any atom is 0.359 e. The van der Waals surface area contributed by atoms with Crippen LogP contribution in [0, 0.1) is 0 Å². The lowest BCUT2D eigenvalue weighted by atomic mass is 10.0. The van der Waals surface area contributed by atoms with Crippen molar-refractivity contribution < 1.29 is 27.5 Å². The maximum absolute atomic E-state index is 13.3. The molecule has 188 valence electrons. The van der Waals surface area contributed by atoms with Crippen LogP contribution in [0.15, 0.2) is 53.4 Å². The van der Waals surface area contributed by atoms with Crippen molar-refractivity contribution in [1.82, 2.24) is 14.7 Å². The third kappa shape index (κ3) is 4.20. The smallest absolute Gasteiger partial charge is 0.359 e. The molecule has 0 atom stereocenters. The van der Waals surface area contributed by atoms with Crippen molar-refractivity contribution in [2.45, 2.75) is 36.5 Å². The van der Waals surface area contributed by atoms with E-state index in [9.17, 15) is 18.0 Å². The van der Waals surface area contributed by atoms with Crippen LogP contribution in [0.2, 0.25) is 0 Å². The summed E-state index contributed by atoms with van der Waals surface area (Å²) >= 11 is 0. The third-order valence-electron chi connectivity index (χ3n) is 6.66. The van der Waals surface area contributed by atoms with Gasteiger partial charge in [-0.25, -0.2) is 17.9 Å². The molecule has 0 N–H and O–H groups in total. The van der Waals surface area contributed by atoms with Gasteiger partial charge in [-0.1, -0.05) is 24.3 Å². The topological polar surface area (TPSA) is 108 Å². The molecule has 36 heavy (non-hydrogen) atoms. The number of amides is 1. The number of ether oxygens (including phenoxy) is 2. The minimum Gasteiger partial charge on any atom is -0.461 e. The molecule has 2 aromatic carbocycles. The molecule has 0 saturated carbocycles. The van der Waals surface area contributed by atoms with E-state index in [-0.39, 0.29) is 35.0 Å². The van der Waals surface area contributed by atoms with E-state index >= 15 is 0 Å². The first-order valence-corrected chi connectivity index (χ1v) is 13.5. The lowest BCUT2D eigenvalue weighted by molar-refractivity contribution is 0.0350. The maximum atomic E-state index is 13.3. The highest BCUT2D eigenvalue weighted by Gasteiger charge is 2.36. The molecule has 0 bridgehead atoms. The van der Waals surface area contributed by atoms with E-state index in [1.807, 2.05) is 0 Å². The molecule has 2 aliphatic heterocycles. The summed E-state index contributed by atoms with van der Waals surface area (Å²) in [5, 5.41) is 4.52. The molecule has 3 heterocycles. The number of piperidine rings is 1. The van der Waals surface area contributed by atoms with E-state index in [0.29, 0.717) is 41.2 Å². The number of carbonyl (C=O) groups is 2. The van der Waals surface area contributed by atoms with Gasteiger partial charge in [-0.3, -0.25) is 4.79 Å². The summed E-state index contributed by atoms with van der Waals surface area (Å²) in [5.74, 6) is -1.14. The molecule has 2 aliphatic rings. The minimum absolute atomic E-state index is 0.0386. The first-order valence-electron chi connectivity index (χ1n) is 11.9. The fourth-order valence-electron chi connectivity index (χ4n) is 4.86. The van der Waals surface area contributed by atoms with Gasteiger partial charge in [0.2, 0.25) is 0 Å². The number of likely N-dealkylation sites (tertiary alicyclic amines) is 1. The van der Waals surface area contributed by atoms with Gasteiger partial charge in [0.1, 0.15) is 0 Å². The second-order valence-electron chi connectivity index (χ2n) is 8.84. The van der Waals surface area contributed by atoms with E-state index in [4.69, 9.17) is 9.47 Å². The van der Waals surface area contributed by atoms with Gasteiger partial charge < -0.3 is 14.4 Å². The molecule has 1 amide bonds. The van der Waals surface area contributed by atoms with Crippen LogP contribution in [0.25, 0.3) is 16.9 Å². The number of hydrogen-bond donors (Lipinski definition) is 0. The summed E-state index contributed by atoms with van der Waals surface area (Å²) in [4.78, 5) is 28.0. The zero-order valence-electron chi connectivity index (χ0n) is 20.1. The third-order valence-corrected chi connectivity index (χ3v) is 8.36. The Morgan fingerprint density at radius 3 is 2.56 bits per heavy atom. The fourth-order valence-corrected chi connectivity index (χ4v) is 6.46. The van der Waals surface area contributed by atoms with Crippen LogP contribution in [-0.4, -0.2) is 67.9 Å². The number of esters is 1. The molecule has 9 nitrogen and oxygen atoms in total. The summed E-state index contributed by atoms with van der Waals surface area (Å²) in [5.41, 5.74) is 2.26. The second-order valence-corrected chi connectivity index (χ2v) is 10.8. The molecule has 0 unspecified atom stereocenters. The first kappa shape index (κ1) is 24.2. The number of methoxy groups -OCH3 is 1. The van der Waals surface area contributed by atoms with Crippen molar-refractivity contribution >= 4 is 21.7 Å². The molecule has 3 aromatic rings. The van der Waals surface area contributed by atoms with Crippen LogP contribution in [-0.2, 0) is 25.1 Å². The Hall–Kier alpha value is -3.50. The van der Waals surface area contributed by atoms with Gasteiger partial charge in [0.15, 0.2) is 15.5 Å². The lowest BCUT2D eigenvalue weighted by Crippen LogP contribution is -2.40. The Morgan fingerprint density at radius 1 is 1.08 bits per heavy atom. The Labute approximate surface area is 209 Å². The molecule has 1 aromatic heterocycles. The van der Waals surface area contributed by atoms with Crippen molar-refractivity contribution in [1.29, 1.82) is 0 Å². The number of rotatable bonds is 5. The normalized spacial score (nSPS) is 16.8. The van der Waals surface area contributed by atoms with E-state index in [1.165, 1.54) is 0 Å². The number of nitrogens with zero attached hydrogens (tertiary/aromatic N) is 3. The van der Waals surface area contributed by atoms with Crippen molar-refractivity contribution in [3.63, 3.8) is 0 Å². The van der Waals surface area contributed by atoms with Gasteiger partial charge >= 0.3 is 5.97 Å². The Kier molecular flexibility index (Phi) is 6.40. The second kappa shape index (κ2) is 9.51. The number of sulfone groups is 1. The van der Waals surface area contributed by atoms with Gasteiger partial charge in [-0.05, 0) is 44.0 Å². The number of hydrogen-bond acceptors (Lipinski definition) is 7. The quantitative estimate of drug-likeness (QED) is 0.486. The van der Waals surface area contributed by atoms with E-state index in [2.05, 4.69) is 5.10 Å². The molecular formula is C26H27N3O6S. The van der Waals surface area contributed by atoms with E-state index < -0.39 is 15.8 Å². The summed E-state index contributed by atoms with van der Waals surface area (Å²) in [6.07, 6.45) is 1.72. The summed E-state index contributed by atoms with van der Waals surface area (Å²) in [7, 11) is -1.99. The molecular weight excluding hydrogens is 482 g/mol. The minimum atomic E-state index is -3.67. The Balaban J connectivity index is 1.60. The summed E-state index contributed by atoms with van der Waals surface area (Å²) in [6.45, 7) is 3.03. The van der Waals surface area contributed by atoms with Crippen molar-refractivity contribution in [3.05, 3.63) is 65.4 Å². The molecule has 5 rings (SSSR count). The first-order chi connectivity index (χ1) is 17.3. The molecule has 1 saturated heterocycles. The van der Waals surface area contributed by atoms with E-state index in [1.54, 1.807) is 72.1 Å². The number of carbonyl (C=O) groups excluding carboxylic acids is 2. The largest absolute Gasteiger partial charge is 0.461 e. The predicted octanol–water partition coefficient (Wildman–Crippen LogP) is 3.25. The SMILES string of the molecule is CCOC(=O)c1nn(-c2cccc(C(=O)N3CCC(OC)CC3)c2)c2c1CS(=O)(=O)c1ccccc1-2. The van der Waals surface area contributed by atoms with E-state index in [0.717, 1.165) is 12.8 Å². The highest BCUT2D eigenvalue weighted by molar-refractivity contribution is 7.90. The predicted molar refractivity (Wildman–Crippen MR) is 132 cm³/mol.